The van der Waals surface area contributed by atoms with Crippen LogP contribution in [-0.2, 0) is 4.43 Å². The number of aliphatic hydroxyl groups excluding tert-OH is 1. The van der Waals surface area contributed by atoms with Crippen LogP contribution >= 0.6 is 0 Å². The highest BCUT2D eigenvalue weighted by Crippen LogP contribution is 2.36. The first-order valence-electron chi connectivity index (χ1n) is 9.28. The molecular formula is C21H38O2Si2. The molecule has 2 nitrogen and oxygen atoms in total. The highest BCUT2D eigenvalue weighted by Gasteiger charge is 2.36. The fraction of sp³-hybridized carbons (Fsp3) is 0.714. The molecule has 1 atom stereocenters. The Morgan fingerprint density at radius 3 is 2.16 bits per heavy atom. The Balaban J connectivity index is 3.93. The van der Waals surface area contributed by atoms with Crippen LogP contribution in [0.3, 0.4) is 0 Å². The van der Waals surface area contributed by atoms with E-state index in [1.807, 2.05) is 6.08 Å². The molecular weight excluding hydrogens is 340 g/mol. The molecule has 0 aliphatic carbocycles. The molecule has 4 heteroatoms. The Hall–Kier alpha value is -0.786. The molecule has 25 heavy (non-hydrogen) atoms. The number of rotatable bonds is 7. The largest absolute Gasteiger partial charge is 0.417 e. The molecule has 0 heterocycles. The maximum atomic E-state index is 9.82. The molecule has 1 N–H and O–H groups in total. The van der Waals surface area contributed by atoms with Gasteiger partial charge in [-0.2, -0.15) is 0 Å². The topological polar surface area (TPSA) is 29.5 Å². The lowest BCUT2D eigenvalue weighted by atomic mass is 10.2. The minimum absolute atomic E-state index is 0.267. The standard InChI is InChI=1S/C21H38O2Si2/c1-21(2,3)25(7,8)23-18-15-13-11-9-10-12-14-16-20(22)17-19-24(4,5)6/h17,19-20,22H,10,13,15-16,18H2,1-8H3/b19-17+/t20-/m1/s1. The van der Waals surface area contributed by atoms with Gasteiger partial charge in [0, 0.05) is 19.4 Å². The summed E-state index contributed by atoms with van der Waals surface area (Å²) in [7, 11) is -2.86. The van der Waals surface area contributed by atoms with Gasteiger partial charge in [0.15, 0.2) is 8.32 Å². The maximum absolute atomic E-state index is 9.82. The van der Waals surface area contributed by atoms with E-state index < -0.39 is 22.5 Å². The maximum Gasteiger partial charge on any atom is 0.191 e. The van der Waals surface area contributed by atoms with Crippen LogP contribution in [0.25, 0.3) is 0 Å². The van der Waals surface area contributed by atoms with Crippen molar-refractivity contribution >= 4 is 16.4 Å². The Morgan fingerprint density at radius 1 is 1.00 bits per heavy atom. The molecule has 0 radical (unpaired) electrons. The molecule has 0 aliphatic heterocycles. The number of hydrogen-bond donors (Lipinski definition) is 1. The van der Waals surface area contributed by atoms with E-state index in [4.69, 9.17) is 4.43 Å². The van der Waals surface area contributed by atoms with Crippen LogP contribution in [0.1, 0.15) is 46.5 Å². The van der Waals surface area contributed by atoms with Crippen LogP contribution in [0.2, 0.25) is 37.8 Å². The van der Waals surface area contributed by atoms with Crippen LogP contribution in [0, 0.1) is 23.7 Å². The summed E-state index contributed by atoms with van der Waals surface area (Å²) >= 11 is 0. The average Bonchev–Trinajstić information content (AvgIpc) is 2.45. The van der Waals surface area contributed by atoms with Gasteiger partial charge in [-0.15, -0.1) is 5.92 Å². The van der Waals surface area contributed by atoms with Crippen molar-refractivity contribution in [3.63, 3.8) is 0 Å². The molecule has 0 saturated heterocycles. The van der Waals surface area contributed by atoms with Crippen molar-refractivity contribution in [2.24, 2.45) is 0 Å². The summed E-state index contributed by atoms with van der Waals surface area (Å²) in [6, 6.07) is 0. The molecule has 0 saturated carbocycles. The molecule has 0 fully saturated rings. The lowest BCUT2D eigenvalue weighted by molar-refractivity contribution is 0.229. The van der Waals surface area contributed by atoms with Crippen LogP contribution in [0.5, 0.6) is 0 Å². The second-order valence-electron chi connectivity index (χ2n) is 9.09. The molecule has 0 unspecified atom stereocenters. The van der Waals surface area contributed by atoms with Gasteiger partial charge in [0.05, 0.1) is 20.6 Å². The first kappa shape index (κ1) is 24.2. The van der Waals surface area contributed by atoms with E-state index in [0.29, 0.717) is 12.8 Å². The van der Waals surface area contributed by atoms with Crippen LogP contribution in [0.15, 0.2) is 11.8 Å². The molecule has 142 valence electrons. The Kier molecular flexibility index (Phi) is 10.7. The Labute approximate surface area is 158 Å². The fourth-order valence-electron chi connectivity index (χ4n) is 1.61. The summed E-state index contributed by atoms with van der Waals surface area (Å²) in [6.07, 6.45) is 4.33. The molecule has 0 spiro atoms. The Morgan fingerprint density at radius 2 is 1.60 bits per heavy atom. The van der Waals surface area contributed by atoms with E-state index in [1.54, 1.807) is 0 Å². The van der Waals surface area contributed by atoms with Crippen molar-refractivity contribution in [3.05, 3.63) is 11.8 Å². The second kappa shape index (κ2) is 11.0. The van der Waals surface area contributed by atoms with Crippen molar-refractivity contribution in [2.45, 2.75) is 90.3 Å². The predicted molar refractivity (Wildman–Crippen MR) is 116 cm³/mol. The van der Waals surface area contributed by atoms with Crippen LogP contribution in [0.4, 0.5) is 0 Å². The van der Waals surface area contributed by atoms with E-state index in [1.165, 1.54) is 0 Å². The molecule has 0 bridgehead atoms. The second-order valence-corrected chi connectivity index (χ2v) is 19.0. The first-order chi connectivity index (χ1) is 11.4. The normalized spacial score (nSPS) is 13.8. The molecule has 0 aromatic carbocycles. The van der Waals surface area contributed by atoms with Crippen LogP contribution < -0.4 is 0 Å². The van der Waals surface area contributed by atoms with E-state index in [0.717, 1.165) is 19.4 Å². The third-order valence-corrected chi connectivity index (χ3v) is 10.0. The van der Waals surface area contributed by atoms with Gasteiger partial charge in [0.2, 0.25) is 0 Å². The lowest BCUT2D eigenvalue weighted by Gasteiger charge is -2.36. The number of aliphatic hydroxyl groups is 1. The van der Waals surface area contributed by atoms with Gasteiger partial charge >= 0.3 is 0 Å². The summed E-state index contributed by atoms with van der Waals surface area (Å²) in [5, 5.41) is 10.1. The Bertz CT molecular complexity index is 529. The number of hydrogen-bond acceptors (Lipinski definition) is 2. The predicted octanol–water partition coefficient (Wildman–Crippen LogP) is 5.37. The highest BCUT2D eigenvalue weighted by atomic mass is 28.4. The fourth-order valence-corrected chi connectivity index (χ4v) is 3.49. The monoisotopic (exact) mass is 378 g/mol. The molecule has 0 rings (SSSR count). The summed E-state index contributed by atoms with van der Waals surface area (Å²) in [6.45, 7) is 18.9. The van der Waals surface area contributed by atoms with Crippen molar-refractivity contribution in [1.29, 1.82) is 0 Å². The third kappa shape index (κ3) is 13.1. The van der Waals surface area contributed by atoms with Gasteiger partial charge in [-0.25, -0.2) is 0 Å². The lowest BCUT2D eigenvalue weighted by Crippen LogP contribution is -2.40. The first-order valence-corrected chi connectivity index (χ1v) is 15.8. The van der Waals surface area contributed by atoms with E-state index in [-0.39, 0.29) is 5.04 Å². The third-order valence-electron chi connectivity index (χ3n) is 4.27. The smallest absolute Gasteiger partial charge is 0.191 e. The SMILES string of the molecule is CC(C)(C)[Si](C)(C)OCCCC#CCC#CC[C@@H](O)/C=C/[Si](C)(C)C. The van der Waals surface area contributed by atoms with Gasteiger partial charge in [0.1, 0.15) is 0 Å². The zero-order valence-electron chi connectivity index (χ0n) is 17.6. The summed E-state index contributed by atoms with van der Waals surface area (Å²) in [5.74, 6) is 12.3. The molecule has 0 aromatic rings. The molecule has 0 aliphatic rings. The zero-order chi connectivity index (χ0) is 19.6. The van der Waals surface area contributed by atoms with Crippen molar-refractivity contribution in [1.82, 2.24) is 0 Å². The van der Waals surface area contributed by atoms with E-state index in [9.17, 15) is 5.11 Å². The summed E-state index contributed by atoms with van der Waals surface area (Å²) in [4.78, 5) is 0. The van der Waals surface area contributed by atoms with Gasteiger partial charge < -0.3 is 9.53 Å². The van der Waals surface area contributed by atoms with E-state index in [2.05, 4.69) is 82.9 Å². The average molecular weight is 379 g/mol. The minimum Gasteiger partial charge on any atom is -0.417 e. The zero-order valence-corrected chi connectivity index (χ0v) is 19.6. The summed E-state index contributed by atoms with van der Waals surface area (Å²) in [5.41, 5.74) is 2.16. The molecule has 0 amide bonds. The van der Waals surface area contributed by atoms with E-state index >= 15 is 0 Å². The minimum atomic E-state index is -1.62. The van der Waals surface area contributed by atoms with Crippen molar-refractivity contribution in [2.75, 3.05) is 6.61 Å². The van der Waals surface area contributed by atoms with Gasteiger partial charge in [-0.3, -0.25) is 0 Å². The summed E-state index contributed by atoms with van der Waals surface area (Å²) < 4.78 is 6.12. The number of unbranched alkanes of at least 4 members (excludes halogenated alkanes) is 1. The van der Waals surface area contributed by atoms with Crippen molar-refractivity contribution in [3.8, 4) is 23.7 Å². The highest BCUT2D eigenvalue weighted by molar-refractivity contribution is 6.80. The van der Waals surface area contributed by atoms with Gasteiger partial charge in [0.25, 0.3) is 0 Å². The van der Waals surface area contributed by atoms with Crippen LogP contribution in [-0.4, -0.2) is 34.2 Å². The van der Waals surface area contributed by atoms with Crippen molar-refractivity contribution < 1.29 is 9.53 Å². The quantitative estimate of drug-likeness (QED) is 0.366. The molecule has 0 aromatic heterocycles. The van der Waals surface area contributed by atoms with Gasteiger partial charge in [-0.1, -0.05) is 69.9 Å². The van der Waals surface area contributed by atoms with Gasteiger partial charge in [-0.05, 0) is 24.6 Å².